The van der Waals surface area contributed by atoms with E-state index >= 15 is 0 Å². The molecule has 0 unspecified atom stereocenters. The molecule has 0 aromatic carbocycles. The molecule has 0 saturated heterocycles. The van der Waals surface area contributed by atoms with Crippen LogP contribution < -0.4 is 5.73 Å². The minimum atomic E-state index is -0.0458. The second-order valence-electron chi connectivity index (χ2n) is 2.10. The lowest BCUT2D eigenvalue weighted by Crippen LogP contribution is -2.13. The van der Waals surface area contributed by atoms with Crippen molar-refractivity contribution in [2.24, 2.45) is 5.73 Å². The first-order valence-corrected chi connectivity index (χ1v) is 4.53. The maximum Gasteiger partial charge on any atom is 0.143 e. The quantitative estimate of drug-likeness (QED) is 0.413. The van der Waals surface area contributed by atoms with Crippen LogP contribution in [0.15, 0.2) is 17.2 Å². The van der Waals surface area contributed by atoms with Gasteiger partial charge in [0.1, 0.15) is 16.6 Å². The molecule has 1 heterocycles. The van der Waals surface area contributed by atoms with Crippen molar-refractivity contribution in [1.82, 2.24) is 10.2 Å². The molecule has 0 atom stereocenters. The molecule has 1 rings (SSSR count). The van der Waals surface area contributed by atoms with Gasteiger partial charge >= 0.3 is 0 Å². The molecule has 0 saturated carbocycles. The van der Waals surface area contributed by atoms with Gasteiger partial charge in [-0.15, -0.1) is 22.0 Å². The summed E-state index contributed by atoms with van der Waals surface area (Å²) < 4.78 is 0. The van der Waals surface area contributed by atoms with Crippen LogP contribution in [0.5, 0.6) is 0 Å². The minimum Gasteiger partial charge on any atom is -0.382 e. The summed E-state index contributed by atoms with van der Waals surface area (Å²) in [4.78, 5) is 0. The second-order valence-corrected chi connectivity index (χ2v) is 3.39. The Bertz CT molecular complexity index is 269. The predicted octanol–water partition coefficient (Wildman–Crippen LogP) is 0.873. The molecule has 1 aromatic heterocycles. The molecule has 0 fully saturated rings. The highest BCUT2D eigenvalue weighted by molar-refractivity contribution is 7.99. The van der Waals surface area contributed by atoms with Crippen LogP contribution in [0.4, 0.5) is 0 Å². The highest BCUT2D eigenvalue weighted by Gasteiger charge is 1.98. The molecular formula is C7H10N4S. The van der Waals surface area contributed by atoms with E-state index in [2.05, 4.69) is 10.2 Å². The summed E-state index contributed by atoms with van der Waals surface area (Å²) in [6.45, 7) is 2.05. The predicted molar refractivity (Wildman–Crippen MR) is 49.4 cm³/mol. The number of nitrogen functional groups attached to an aromatic ring is 1. The number of rotatable bonds is 3. The molecule has 0 aliphatic heterocycles. The van der Waals surface area contributed by atoms with E-state index in [4.69, 9.17) is 11.1 Å². The molecule has 12 heavy (non-hydrogen) atoms. The van der Waals surface area contributed by atoms with E-state index in [0.717, 1.165) is 10.8 Å². The summed E-state index contributed by atoms with van der Waals surface area (Å²) in [5, 5.41) is 15.6. The van der Waals surface area contributed by atoms with Crippen molar-refractivity contribution >= 4 is 17.6 Å². The van der Waals surface area contributed by atoms with E-state index in [1.807, 2.05) is 13.0 Å². The molecule has 0 amide bonds. The number of hydrogen-bond donors (Lipinski definition) is 2. The van der Waals surface area contributed by atoms with Crippen LogP contribution in [0, 0.1) is 5.41 Å². The molecule has 0 aliphatic rings. The van der Waals surface area contributed by atoms with Crippen LogP contribution in [0.25, 0.3) is 0 Å². The number of aromatic nitrogens is 2. The van der Waals surface area contributed by atoms with Crippen LogP contribution in [0.2, 0.25) is 0 Å². The Labute approximate surface area is 75.1 Å². The van der Waals surface area contributed by atoms with Gasteiger partial charge in [-0.3, -0.25) is 5.41 Å². The number of nitrogens with two attached hydrogens (primary N) is 1. The summed E-state index contributed by atoms with van der Waals surface area (Å²) in [6, 6.07) is 3.52. The monoisotopic (exact) mass is 182 g/mol. The molecular weight excluding hydrogens is 172 g/mol. The number of amidine groups is 1. The van der Waals surface area contributed by atoms with Gasteiger partial charge in [-0.25, -0.2) is 0 Å². The van der Waals surface area contributed by atoms with Crippen molar-refractivity contribution in [3.63, 3.8) is 0 Å². The van der Waals surface area contributed by atoms with Gasteiger partial charge in [0.2, 0.25) is 0 Å². The van der Waals surface area contributed by atoms with Crippen molar-refractivity contribution < 1.29 is 0 Å². The Balaban J connectivity index is 2.78. The lowest BCUT2D eigenvalue weighted by atomic mass is 10.4. The zero-order chi connectivity index (χ0) is 8.97. The first-order chi connectivity index (χ1) is 5.74. The summed E-state index contributed by atoms with van der Waals surface area (Å²) in [6.07, 6.45) is 0. The Hall–Kier alpha value is -1.10. The lowest BCUT2D eigenvalue weighted by Gasteiger charge is -1.97. The summed E-state index contributed by atoms with van der Waals surface area (Å²) >= 11 is 1.61. The fraction of sp³-hybridized carbons (Fsp3) is 0.286. The van der Waals surface area contributed by atoms with Crippen LogP contribution in [0.3, 0.4) is 0 Å². The molecule has 0 aliphatic carbocycles. The molecule has 0 spiro atoms. The largest absolute Gasteiger partial charge is 0.382 e. The van der Waals surface area contributed by atoms with Crippen LogP contribution in [-0.4, -0.2) is 21.8 Å². The Morgan fingerprint density at radius 3 is 2.75 bits per heavy atom. The molecule has 64 valence electrons. The minimum absolute atomic E-state index is 0.0458. The third kappa shape index (κ3) is 2.20. The normalized spacial score (nSPS) is 9.75. The average molecular weight is 182 g/mol. The summed E-state index contributed by atoms with van der Waals surface area (Å²) in [5.74, 6) is 0.921. The van der Waals surface area contributed by atoms with Crippen molar-refractivity contribution in [1.29, 1.82) is 5.41 Å². The highest BCUT2D eigenvalue weighted by atomic mass is 32.2. The van der Waals surface area contributed by atoms with E-state index in [1.54, 1.807) is 17.8 Å². The van der Waals surface area contributed by atoms with Gasteiger partial charge < -0.3 is 5.73 Å². The first kappa shape index (κ1) is 8.99. The summed E-state index contributed by atoms with van der Waals surface area (Å²) in [5.41, 5.74) is 5.64. The zero-order valence-corrected chi connectivity index (χ0v) is 7.56. The number of nitrogens with one attached hydrogen (secondary N) is 1. The van der Waals surface area contributed by atoms with Gasteiger partial charge in [-0.1, -0.05) is 6.92 Å². The van der Waals surface area contributed by atoms with E-state index in [1.165, 1.54) is 0 Å². The molecule has 4 nitrogen and oxygen atoms in total. The number of thioether (sulfide) groups is 1. The molecule has 3 N–H and O–H groups in total. The number of hydrogen-bond acceptors (Lipinski definition) is 4. The van der Waals surface area contributed by atoms with Crippen molar-refractivity contribution in [2.45, 2.75) is 11.9 Å². The van der Waals surface area contributed by atoms with Crippen molar-refractivity contribution in [2.75, 3.05) is 5.75 Å². The fourth-order valence-corrected chi connectivity index (χ4v) is 1.25. The van der Waals surface area contributed by atoms with Crippen LogP contribution >= 0.6 is 11.8 Å². The van der Waals surface area contributed by atoms with Crippen molar-refractivity contribution in [3.8, 4) is 0 Å². The van der Waals surface area contributed by atoms with Crippen LogP contribution in [0.1, 0.15) is 12.6 Å². The van der Waals surface area contributed by atoms with Gasteiger partial charge in [0.25, 0.3) is 0 Å². The first-order valence-electron chi connectivity index (χ1n) is 3.55. The molecule has 0 radical (unpaired) electrons. The van der Waals surface area contributed by atoms with Crippen molar-refractivity contribution in [3.05, 3.63) is 17.8 Å². The Kier molecular flexibility index (Phi) is 3.04. The zero-order valence-electron chi connectivity index (χ0n) is 6.74. The molecule has 0 bridgehead atoms. The smallest absolute Gasteiger partial charge is 0.143 e. The molecule has 1 aromatic rings. The van der Waals surface area contributed by atoms with Gasteiger partial charge in [0.15, 0.2) is 0 Å². The van der Waals surface area contributed by atoms with Gasteiger partial charge in [0, 0.05) is 0 Å². The number of nitrogens with zero attached hydrogens (tertiary/aromatic N) is 2. The highest BCUT2D eigenvalue weighted by Crippen LogP contribution is 2.12. The Morgan fingerprint density at radius 1 is 1.58 bits per heavy atom. The van der Waals surface area contributed by atoms with E-state index in [0.29, 0.717) is 5.69 Å². The second kappa shape index (κ2) is 4.06. The van der Waals surface area contributed by atoms with Gasteiger partial charge in [-0.05, 0) is 17.9 Å². The lowest BCUT2D eigenvalue weighted by molar-refractivity contribution is 0.917. The SMILES string of the molecule is CCSc1ccc(C(=N)N)nn1. The maximum atomic E-state index is 7.08. The van der Waals surface area contributed by atoms with E-state index < -0.39 is 0 Å². The van der Waals surface area contributed by atoms with Gasteiger partial charge in [0.05, 0.1) is 0 Å². The maximum absolute atomic E-state index is 7.08. The summed E-state index contributed by atoms with van der Waals surface area (Å²) in [7, 11) is 0. The van der Waals surface area contributed by atoms with Crippen LogP contribution in [-0.2, 0) is 0 Å². The Morgan fingerprint density at radius 2 is 2.33 bits per heavy atom. The standard InChI is InChI=1S/C7H10N4S/c1-2-12-6-4-3-5(7(8)9)10-11-6/h3-4H,2H2,1H3,(H3,8,9). The van der Waals surface area contributed by atoms with Gasteiger partial charge in [-0.2, -0.15) is 0 Å². The van der Waals surface area contributed by atoms with E-state index in [-0.39, 0.29) is 5.84 Å². The topological polar surface area (TPSA) is 75.7 Å². The van der Waals surface area contributed by atoms with E-state index in [9.17, 15) is 0 Å². The average Bonchev–Trinajstić information content (AvgIpc) is 2.06. The third-order valence-corrected chi connectivity index (χ3v) is 2.01. The molecule has 5 heteroatoms. The fourth-order valence-electron chi connectivity index (χ4n) is 0.689. The third-order valence-electron chi connectivity index (χ3n) is 1.21.